The van der Waals surface area contributed by atoms with E-state index in [-0.39, 0.29) is 0 Å². The zero-order valence-corrected chi connectivity index (χ0v) is 10.1. The third-order valence-electron chi connectivity index (χ3n) is 3.55. The molecule has 1 heterocycles. The average Bonchev–Trinajstić information content (AvgIpc) is 2.65. The molecule has 14 heavy (non-hydrogen) atoms. The Balaban J connectivity index is 2.03. The van der Waals surface area contributed by atoms with Crippen LogP contribution in [0.15, 0.2) is 0 Å². The van der Waals surface area contributed by atoms with Crippen molar-refractivity contribution in [3.8, 4) is 0 Å². The van der Waals surface area contributed by atoms with Crippen molar-refractivity contribution in [2.24, 2.45) is 5.92 Å². The summed E-state index contributed by atoms with van der Waals surface area (Å²) in [6.45, 7) is 8.58. The predicted molar refractivity (Wildman–Crippen MR) is 62.6 cm³/mol. The first kappa shape index (κ1) is 12.0. The van der Waals surface area contributed by atoms with Gasteiger partial charge >= 0.3 is 0 Å². The van der Waals surface area contributed by atoms with Crippen LogP contribution < -0.4 is 5.32 Å². The highest BCUT2D eigenvalue weighted by Crippen LogP contribution is 2.19. The van der Waals surface area contributed by atoms with E-state index >= 15 is 0 Å². The monoisotopic (exact) mass is 198 g/mol. The van der Waals surface area contributed by atoms with E-state index in [0.29, 0.717) is 6.04 Å². The minimum Gasteiger partial charge on any atom is -0.317 e. The fourth-order valence-electron chi connectivity index (χ4n) is 2.21. The van der Waals surface area contributed by atoms with Crippen LogP contribution in [0.4, 0.5) is 0 Å². The van der Waals surface area contributed by atoms with Gasteiger partial charge in [0.1, 0.15) is 0 Å². The van der Waals surface area contributed by atoms with Crippen LogP contribution in [-0.4, -0.2) is 37.6 Å². The Hall–Kier alpha value is -0.0800. The Morgan fingerprint density at radius 1 is 1.50 bits per heavy atom. The van der Waals surface area contributed by atoms with E-state index in [2.05, 4.69) is 24.1 Å². The van der Waals surface area contributed by atoms with Crippen molar-refractivity contribution in [1.82, 2.24) is 10.2 Å². The Labute approximate surface area is 89.1 Å². The van der Waals surface area contributed by atoms with Gasteiger partial charge in [-0.05, 0) is 52.2 Å². The normalized spacial score (nSPS) is 25.5. The number of hydrogen-bond donors (Lipinski definition) is 1. The number of nitrogens with zero attached hydrogens (tertiary/aromatic N) is 1. The molecular weight excluding hydrogens is 172 g/mol. The van der Waals surface area contributed by atoms with Crippen LogP contribution in [0.25, 0.3) is 0 Å². The Morgan fingerprint density at radius 3 is 2.86 bits per heavy atom. The Bertz CT molecular complexity index is 147. The molecule has 1 aliphatic rings. The zero-order chi connectivity index (χ0) is 10.4. The lowest BCUT2D eigenvalue weighted by molar-refractivity contribution is 0.309. The lowest BCUT2D eigenvalue weighted by atomic mass is 10.1. The molecule has 0 aromatic heterocycles. The van der Waals surface area contributed by atoms with Gasteiger partial charge in [0.25, 0.3) is 0 Å². The van der Waals surface area contributed by atoms with Gasteiger partial charge in [-0.1, -0.05) is 13.3 Å². The first-order valence-corrected chi connectivity index (χ1v) is 6.15. The first-order chi connectivity index (χ1) is 6.76. The third-order valence-corrected chi connectivity index (χ3v) is 3.55. The molecule has 1 saturated heterocycles. The summed E-state index contributed by atoms with van der Waals surface area (Å²) in [5.74, 6) is 0.983. The smallest absolute Gasteiger partial charge is 0.00362 e. The second-order valence-corrected chi connectivity index (χ2v) is 4.70. The summed E-state index contributed by atoms with van der Waals surface area (Å²) in [5, 5.41) is 3.29. The summed E-state index contributed by atoms with van der Waals surface area (Å²) < 4.78 is 0. The van der Waals surface area contributed by atoms with Crippen molar-refractivity contribution in [1.29, 1.82) is 0 Å². The van der Waals surface area contributed by atoms with Crippen LogP contribution in [0.2, 0.25) is 0 Å². The molecule has 84 valence electrons. The molecule has 0 amide bonds. The standard InChI is InChI=1S/C12H26N2/c1-4-12-7-9-14(10-12)8-5-6-11(2)13-3/h11-13H,4-10H2,1-3H3. The van der Waals surface area contributed by atoms with Crippen molar-refractivity contribution < 1.29 is 0 Å². The van der Waals surface area contributed by atoms with Crippen molar-refractivity contribution in [3.05, 3.63) is 0 Å². The van der Waals surface area contributed by atoms with Gasteiger partial charge < -0.3 is 10.2 Å². The maximum Gasteiger partial charge on any atom is 0.00362 e. The Kier molecular flexibility index (Phi) is 5.49. The number of likely N-dealkylation sites (tertiary alicyclic amines) is 1. The molecule has 0 aromatic rings. The fraction of sp³-hybridized carbons (Fsp3) is 1.00. The molecule has 2 nitrogen and oxygen atoms in total. The van der Waals surface area contributed by atoms with Gasteiger partial charge in [0.2, 0.25) is 0 Å². The molecular formula is C12H26N2. The fourth-order valence-corrected chi connectivity index (χ4v) is 2.21. The van der Waals surface area contributed by atoms with Crippen LogP contribution >= 0.6 is 0 Å². The summed E-state index contributed by atoms with van der Waals surface area (Å²) in [4.78, 5) is 2.64. The van der Waals surface area contributed by atoms with Crippen LogP contribution in [-0.2, 0) is 0 Å². The molecule has 0 saturated carbocycles. The number of hydrogen-bond acceptors (Lipinski definition) is 2. The SMILES string of the molecule is CCC1CCN(CCCC(C)NC)C1. The molecule has 0 aromatic carbocycles. The lowest BCUT2D eigenvalue weighted by Gasteiger charge is -2.17. The molecule has 1 rings (SSSR count). The maximum absolute atomic E-state index is 3.29. The highest BCUT2D eigenvalue weighted by atomic mass is 15.1. The topological polar surface area (TPSA) is 15.3 Å². The van der Waals surface area contributed by atoms with E-state index in [1.54, 1.807) is 0 Å². The molecule has 0 bridgehead atoms. The second-order valence-electron chi connectivity index (χ2n) is 4.70. The highest BCUT2D eigenvalue weighted by molar-refractivity contribution is 4.74. The van der Waals surface area contributed by atoms with Gasteiger partial charge in [0.05, 0.1) is 0 Å². The van der Waals surface area contributed by atoms with Gasteiger partial charge in [0, 0.05) is 12.6 Å². The molecule has 1 aliphatic heterocycles. The highest BCUT2D eigenvalue weighted by Gasteiger charge is 2.19. The summed E-state index contributed by atoms with van der Waals surface area (Å²) in [7, 11) is 2.05. The van der Waals surface area contributed by atoms with Crippen LogP contribution in [0, 0.1) is 5.92 Å². The molecule has 2 heteroatoms. The zero-order valence-electron chi connectivity index (χ0n) is 10.1. The van der Waals surface area contributed by atoms with E-state index in [1.807, 2.05) is 7.05 Å². The molecule has 2 unspecified atom stereocenters. The van der Waals surface area contributed by atoms with Gasteiger partial charge in [0.15, 0.2) is 0 Å². The van der Waals surface area contributed by atoms with E-state index < -0.39 is 0 Å². The first-order valence-electron chi connectivity index (χ1n) is 6.15. The molecule has 0 spiro atoms. The maximum atomic E-state index is 3.29. The number of nitrogens with one attached hydrogen (secondary N) is 1. The van der Waals surface area contributed by atoms with Crippen LogP contribution in [0.5, 0.6) is 0 Å². The predicted octanol–water partition coefficient (Wildman–Crippen LogP) is 2.11. The van der Waals surface area contributed by atoms with Crippen LogP contribution in [0.3, 0.4) is 0 Å². The molecule has 2 atom stereocenters. The van der Waals surface area contributed by atoms with E-state index in [1.165, 1.54) is 45.3 Å². The van der Waals surface area contributed by atoms with Gasteiger partial charge in [-0.25, -0.2) is 0 Å². The summed E-state index contributed by atoms with van der Waals surface area (Å²) in [6, 6.07) is 0.680. The van der Waals surface area contributed by atoms with E-state index in [9.17, 15) is 0 Å². The van der Waals surface area contributed by atoms with E-state index in [0.717, 1.165) is 5.92 Å². The minimum atomic E-state index is 0.680. The van der Waals surface area contributed by atoms with Gasteiger partial charge in [-0.3, -0.25) is 0 Å². The van der Waals surface area contributed by atoms with Crippen molar-refractivity contribution in [3.63, 3.8) is 0 Å². The average molecular weight is 198 g/mol. The summed E-state index contributed by atoms with van der Waals surface area (Å²) in [6.07, 6.45) is 5.45. The molecule has 0 radical (unpaired) electrons. The lowest BCUT2D eigenvalue weighted by Crippen LogP contribution is -2.25. The van der Waals surface area contributed by atoms with Gasteiger partial charge in [-0.2, -0.15) is 0 Å². The van der Waals surface area contributed by atoms with Crippen molar-refractivity contribution >= 4 is 0 Å². The summed E-state index contributed by atoms with van der Waals surface area (Å²) in [5.41, 5.74) is 0. The second kappa shape index (κ2) is 6.41. The van der Waals surface area contributed by atoms with E-state index in [4.69, 9.17) is 0 Å². The molecule has 0 aliphatic carbocycles. The number of rotatable bonds is 6. The minimum absolute atomic E-state index is 0.680. The Morgan fingerprint density at radius 2 is 2.29 bits per heavy atom. The molecule has 1 N–H and O–H groups in total. The van der Waals surface area contributed by atoms with Crippen molar-refractivity contribution in [2.75, 3.05) is 26.7 Å². The quantitative estimate of drug-likeness (QED) is 0.703. The largest absolute Gasteiger partial charge is 0.317 e. The third kappa shape index (κ3) is 3.97. The summed E-state index contributed by atoms with van der Waals surface area (Å²) >= 11 is 0. The van der Waals surface area contributed by atoms with Crippen molar-refractivity contribution in [2.45, 2.75) is 45.6 Å². The molecule has 1 fully saturated rings. The van der Waals surface area contributed by atoms with Gasteiger partial charge in [-0.15, -0.1) is 0 Å². The van der Waals surface area contributed by atoms with Crippen LogP contribution in [0.1, 0.15) is 39.5 Å².